The van der Waals surface area contributed by atoms with Crippen molar-refractivity contribution in [3.05, 3.63) is 149 Å². The lowest BCUT2D eigenvalue weighted by atomic mass is 9.90. The molecule has 1 aliphatic carbocycles. The first-order valence-corrected chi connectivity index (χ1v) is 18.6. The zero-order chi connectivity index (χ0) is 30.2. The number of hydrogen-bond acceptors (Lipinski definition) is 3. The molecule has 0 N–H and O–H groups in total. The normalized spacial score (nSPS) is 14.2. The smallest absolute Gasteiger partial charge is 0.197 e. The van der Waals surface area contributed by atoms with Gasteiger partial charge in [0.2, 0.25) is 0 Å². The first-order chi connectivity index (χ1) is 21.3. The molecule has 0 saturated heterocycles. The molecule has 6 aromatic carbocycles. The molecule has 0 saturated carbocycles. The fraction of sp³-hybridized carbons (Fsp3) is 0.100. The van der Waals surface area contributed by atoms with Gasteiger partial charge in [-0.05, 0) is 86.8 Å². The lowest BCUT2D eigenvalue weighted by Gasteiger charge is -2.34. The van der Waals surface area contributed by atoms with Gasteiger partial charge in [0, 0.05) is 28.9 Å². The zero-order valence-corrected chi connectivity index (χ0v) is 26.0. The van der Waals surface area contributed by atoms with Crippen molar-refractivity contribution in [3.63, 3.8) is 0 Å². The predicted octanol–water partition coefficient (Wildman–Crippen LogP) is 9.37. The second-order valence-electron chi connectivity index (χ2n) is 12.9. The summed E-state index contributed by atoms with van der Waals surface area (Å²) < 4.78 is 0. The van der Waals surface area contributed by atoms with Gasteiger partial charge in [-0.3, -0.25) is 9.59 Å². The van der Waals surface area contributed by atoms with E-state index < -0.39 is 8.07 Å². The van der Waals surface area contributed by atoms with Gasteiger partial charge >= 0.3 is 0 Å². The number of carbonyl (C=O) groups is 2. The highest BCUT2D eigenvalue weighted by Crippen LogP contribution is 2.46. The minimum absolute atomic E-state index is 0.200. The molecule has 4 heteroatoms. The fourth-order valence-corrected chi connectivity index (χ4v) is 7.95. The van der Waals surface area contributed by atoms with Gasteiger partial charge in [-0.25, -0.2) is 0 Å². The second-order valence-corrected chi connectivity index (χ2v) is 18.0. The van der Waals surface area contributed by atoms with E-state index in [-0.39, 0.29) is 17.1 Å². The van der Waals surface area contributed by atoms with E-state index in [9.17, 15) is 9.59 Å². The van der Waals surface area contributed by atoms with Gasteiger partial charge in [0.1, 0.15) is 0 Å². The Morgan fingerprint density at radius 1 is 0.636 bits per heavy atom. The van der Waals surface area contributed by atoms with E-state index in [1.54, 1.807) is 6.08 Å². The van der Waals surface area contributed by atoms with Crippen LogP contribution in [0.3, 0.4) is 0 Å². The highest BCUT2D eigenvalue weighted by atomic mass is 28.3. The number of para-hydroxylation sites is 1. The maximum Gasteiger partial charge on any atom is 0.197 e. The van der Waals surface area contributed by atoms with Gasteiger partial charge in [-0.1, -0.05) is 97.6 Å². The largest absolute Gasteiger partial charge is 0.310 e. The van der Waals surface area contributed by atoms with E-state index in [0.29, 0.717) is 11.1 Å². The van der Waals surface area contributed by atoms with Crippen molar-refractivity contribution in [1.82, 2.24) is 0 Å². The summed E-state index contributed by atoms with van der Waals surface area (Å²) in [5, 5.41) is 5.65. The van der Waals surface area contributed by atoms with Crippen LogP contribution in [0.2, 0.25) is 19.6 Å². The van der Waals surface area contributed by atoms with Gasteiger partial charge in [0.25, 0.3) is 0 Å². The van der Waals surface area contributed by atoms with E-state index in [1.807, 2.05) is 42.5 Å². The van der Waals surface area contributed by atoms with Crippen LogP contribution < -0.4 is 10.1 Å². The van der Waals surface area contributed by atoms with Gasteiger partial charge < -0.3 is 4.90 Å². The molecule has 212 valence electrons. The van der Waals surface area contributed by atoms with E-state index >= 15 is 0 Å². The molecule has 3 nitrogen and oxygen atoms in total. The van der Waals surface area contributed by atoms with Crippen molar-refractivity contribution in [1.29, 1.82) is 0 Å². The summed E-state index contributed by atoms with van der Waals surface area (Å²) in [7, 11) is -1.41. The average Bonchev–Trinajstić information content (AvgIpc) is 3.26. The quantitative estimate of drug-likeness (QED) is 0.118. The van der Waals surface area contributed by atoms with Crippen molar-refractivity contribution in [2.45, 2.75) is 26.1 Å². The Kier molecular flexibility index (Phi) is 5.87. The summed E-state index contributed by atoms with van der Waals surface area (Å²) in [6, 6.07) is 39.9. The van der Waals surface area contributed by atoms with Gasteiger partial charge in [0.05, 0.1) is 19.3 Å². The van der Waals surface area contributed by atoms with Crippen molar-refractivity contribution < 1.29 is 9.59 Å². The molecule has 8 rings (SSSR count). The monoisotopic (exact) mass is 585 g/mol. The van der Waals surface area contributed by atoms with Crippen molar-refractivity contribution >= 4 is 69.5 Å². The number of nitrogens with zero attached hydrogens (tertiary/aromatic N) is 1. The molecule has 0 fully saturated rings. The SMILES string of the molecule is C[Si](C)(C)c1ccc(N2c3ccccc3Cc3c2ccc2cc(C=C4C(=O)c5cc6ccccc6cc5C4=O)ccc32)cc1. The summed E-state index contributed by atoms with van der Waals surface area (Å²) in [6.45, 7) is 7.13. The van der Waals surface area contributed by atoms with Crippen molar-refractivity contribution in [2.75, 3.05) is 4.90 Å². The molecule has 0 spiro atoms. The molecule has 1 aliphatic heterocycles. The standard InChI is InChI=1S/C40H31NO2Si/c1-44(2,3)31-16-14-30(15-17-31)41-37-11-7-6-10-29(37)24-33-32-18-12-25(20-28(32)13-19-38(33)41)21-36-39(42)34-22-26-8-4-5-9-27(26)23-35(34)40(36)43/h4-23H,24H2,1-3H3. The van der Waals surface area contributed by atoms with Crippen LogP contribution in [-0.2, 0) is 6.42 Å². The minimum atomic E-state index is -1.41. The Bertz CT molecular complexity index is 2160. The van der Waals surface area contributed by atoms with E-state index in [0.717, 1.165) is 33.8 Å². The molecule has 1 heterocycles. The first kappa shape index (κ1) is 26.6. The Labute approximate surface area is 258 Å². The molecule has 0 atom stereocenters. The molecule has 0 bridgehead atoms. The van der Waals surface area contributed by atoms with Crippen LogP contribution in [-0.4, -0.2) is 19.6 Å². The second kappa shape index (κ2) is 9.73. The molecule has 0 amide bonds. The summed E-state index contributed by atoms with van der Waals surface area (Å²) in [5.74, 6) is -0.401. The predicted molar refractivity (Wildman–Crippen MR) is 185 cm³/mol. The summed E-state index contributed by atoms with van der Waals surface area (Å²) in [6.07, 6.45) is 2.60. The lowest BCUT2D eigenvalue weighted by Crippen LogP contribution is -2.37. The minimum Gasteiger partial charge on any atom is -0.310 e. The third-order valence-corrected chi connectivity index (χ3v) is 11.2. The summed E-state index contributed by atoms with van der Waals surface area (Å²) in [5.41, 5.74) is 8.20. The number of ketones is 2. The number of rotatable bonds is 3. The maximum atomic E-state index is 13.4. The van der Waals surface area contributed by atoms with Crippen LogP contribution in [0, 0.1) is 0 Å². The van der Waals surface area contributed by atoms with Crippen LogP contribution in [0.15, 0.2) is 121 Å². The topological polar surface area (TPSA) is 37.4 Å². The number of hydrogen-bond donors (Lipinski definition) is 0. The summed E-state index contributed by atoms with van der Waals surface area (Å²) >= 11 is 0. The lowest BCUT2D eigenvalue weighted by molar-refractivity contribution is 0.0990. The van der Waals surface area contributed by atoms with Gasteiger partial charge in [-0.15, -0.1) is 0 Å². The highest BCUT2D eigenvalue weighted by Gasteiger charge is 2.33. The number of allylic oxidation sites excluding steroid dienone is 1. The number of carbonyl (C=O) groups excluding carboxylic acids is 2. The van der Waals surface area contributed by atoms with E-state index in [4.69, 9.17) is 0 Å². The van der Waals surface area contributed by atoms with Crippen LogP contribution in [0.25, 0.3) is 27.6 Å². The Morgan fingerprint density at radius 2 is 1.30 bits per heavy atom. The molecular formula is C40H31NO2Si. The van der Waals surface area contributed by atoms with Gasteiger partial charge in [-0.2, -0.15) is 0 Å². The van der Waals surface area contributed by atoms with Crippen molar-refractivity contribution in [2.24, 2.45) is 0 Å². The molecular weight excluding hydrogens is 555 g/mol. The molecule has 2 aliphatic rings. The first-order valence-electron chi connectivity index (χ1n) is 15.1. The maximum absolute atomic E-state index is 13.4. The molecule has 0 radical (unpaired) electrons. The number of Topliss-reactive ketones (excluding diaryl/α,β-unsaturated/α-hetero) is 2. The van der Waals surface area contributed by atoms with Gasteiger partial charge in [0.15, 0.2) is 11.6 Å². The molecule has 6 aromatic rings. The fourth-order valence-electron chi connectivity index (χ4n) is 6.78. The number of anilines is 3. The zero-order valence-electron chi connectivity index (χ0n) is 25.0. The Balaban J connectivity index is 1.20. The number of fused-ring (bicyclic) bond motifs is 6. The Morgan fingerprint density at radius 3 is 1.98 bits per heavy atom. The average molecular weight is 586 g/mol. The van der Waals surface area contributed by atoms with Crippen LogP contribution in [0.1, 0.15) is 37.4 Å². The third-order valence-electron chi connectivity index (χ3n) is 9.14. The molecule has 44 heavy (non-hydrogen) atoms. The van der Waals surface area contributed by atoms with Crippen molar-refractivity contribution in [3.8, 4) is 0 Å². The summed E-state index contributed by atoms with van der Waals surface area (Å²) in [4.78, 5) is 29.1. The third kappa shape index (κ3) is 4.17. The van der Waals surface area contributed by atoms with Crippen LogP contribution in [0.5, 0.6) is 0 Å². The number of benzene rings is 6. The van der Waals surface area contributed by atoms with E-state index in [2.05, 4.69) is 97.3 Å². The molecule has 0 aromatic heterocycles. The van der Waals surface area contributed by atoms with Crippen LogP contribution >= 0.6 is 0 Å². The Hall–Kier alpha value is -5.06. The molecule has 0 unspecified atom stereocenters. The highest BCUT2D eigenvalue weighted by molar-refractivity contribution is 6.88. The van der Waals surface area contributed by atoms with Crippen LogP contribution in [0.4, 0.5) is 17.1 Å². The van der Waals surface area contributed by atoms with E-state index in [1.165, 1.54) is 33.1 Å².